The van der Waals surface area contributed by atoms with Crippen molar-refractivity contribution in [3.63, 3.8) is 0 Å². The van der Waals surface area contributed by atoms with Crippen LogP contribution >= 0.6 is 0 Å². The number of hydrogen-bond acceptors (Lipinski definition) is 5. The number of rotatable bonds is 8. The van der Waals surface area contributed by atoms with Crippen molar-refractivity contribution in [2.75, 3.05) is 20.8 Å². The monoisotopic (exact) mass is 362 g/mol. The Bertz CT molecular complexity index is 699. The van der Waals surface area contributed by atoms with Gasteiger partial charge >= 0.3 is 12.0 Å². The predicted molar refractivity (Wildman–Crippen MR) is 97.1 cm³/mol. The van der Waals surface area contributed by atoms with Crippen LogP contribution in [0.4, 0.5) is 4.79 Å². The number of benzene rings is 1. The van der Waals surface area contributed by atoms with E-state index in [1.54, 1.807) is 32.2 Å². The van der Waals surface area contributed by atoms with E-state index >= 15 is 0 Å². The van der Waals surface area contributed by atoms with Crippen molar-refractivity contribution in [2.24, 2.45) is 0 Å². The van der Waals surface area contributed by atoms with E-state index in [0.29, 0.717) is 34.9 Å². The van der Waals surface area contributed by atoms with Gasteiger partial charge in [0.2, 0.25) is 0 Å². The molecule has 7 heteroatoms. The van der Waals surface area contributed by atoms with Gasteiger partial charge in [0.05, 0.1) is 32.4 Å². The molecule has 0 saturated heterocycles. The number of nitrogens with one attached hydrogen (secondary N) is 2. The van der Waals surface area contributed by atoms with E-state index in [9.17, 15) is 9.59 Å². The lowest BCUT2D eigenvalue weighted by atomic mass is 9.95. The van der Waals surface area contributed by atoms with Gasteiger partial charge in [-0.1, -0.05) is 25.8 Å². The molecular formula is C19H26N2O5. The summed E-state index contributed by atoms with van der Waals surface area (Å²) in [6.07, 6.45) is 2.86. The van der Waals surface area contributed by atoms with Gasteiger partial charge in [0.25, 0.3) is 0 Å². The number of urea groups is 1. The van der Waals surface area contributed by atoms with Crippen LogP contribution in [0.3, 0.4) is 0 Å². The molecular weight excluding hydrogens is 336 g/mol. The Balaban J connectivity index is 2.30. The minimum atomic E-state index is -0.623. The molecule has 2 amide bonds. The summed E-state index contributed by atoms with van der Waals surface area (Å²) in [6, 6.07) is 4.27. The Hall–Kier alpha value is -2.70. The summed E-state index contributed by atoms with van der Waals surface area (Å²) in [4.78, 5) is 24.6. The van der Waals surface area contributed by atoms with E-state index in [1.165, 1.54) is 7.11 Å². The Morgan fingerprint density at radius 3 is 2.54 bits per heavy atom. The number of amides is 2. The van der Waals surface area contributed by atoms with E-state index in [1.807, 2.05) is 0 Å². The molecule has 0 fully saturated rings. The summed E-state index contributed by atoms with van der Waals surface area (Å²) in [5, 5.41) is 5.41. The van der Waals surface area contributed by atoms with E-state index in [-0.39, 0.29) is 6.03 Å². The third kappa shape index (κ3) is 4.47. The van der Waals surface area contributed by atoms with Crippen molar-refractivity contribution in [1.82, 2.24) is 10.6 Å². The van der Waals surface area contributed by atoms with E-state index in [2.05, 4.69) is 17.6 Å². The maximum Gasteiger partial charge on any atom is 0.338 e. The van der Waals surface area contributed by atoms with Gasteiger partial charge in [-0.3, -0.25) is 0 Å². The van der Waals surface area contributed by atoms with Crippen molar-refractivity contribution in [3.8, 4) is 11.5 Å². The molecule has 1 aromatic carbocycles. The molecule has 2 rings (SSSR count). The van der Waals surface area contributed by atoms with Crippen molar-refractivity contribution in [2.45, 2.75) is 39.2 Å². The topological polar surface area (TPSA) is 85.9 Å². The average molecular weight is 362 g/mol. The zero-order valence-electron chi connectivity index (χ0n) is 15.7. The highest BCUT2D eigenvalue weighted by Crippen LogP contribution is 2.34. The molecule has 0 spiro atoms. The highest BCUT2D eigenvalue weighted by atomic mass is 16.5. The maximum atomic E-state index is 12.6. The number of hydrogen-bond donors (Lipinski definition) is 2. The molecule has 1 heterocycles. The fraction of sp³-hybridized carbons (Fsp3) is 0.474. The number of esters is 1. The van der Waals surface area contributed by atoms with Crippen LogP contribution < -0.4 is 20.1 Å². The highest BCUT2D eigenvalue weighted by Gasteiger charge is 2.32. The third-order valence-electron chi connectivity index (χ3n) is 4.21. The summed E-state index contributed by atoms with van der Waals surface area (Å²) >= 11 is 0. The van der Waals surface area contributed by atoms with Crippen LogP contribution in [0.25, 0.3) is 0 Å². The van der Waals surface area contributed by atoms with Gasteiger partial charge in [-0.25, -0.2) is 9.59 Å². The van der Waals surface area contributed by atoms with Crippen LogP contribution in [0.2, 0.25) is 0 Å². The highest BCUT2D eigenvalue weighted by molar-refractivity contribution is 5.95. The lowest BCUT2D eigenvalue weighted by molar-refractivity contribution is -0.139. The first-order valence-corrected chi connectivity index (χ1v) is 8.69. The minimum Gasteiger partial charge on any atom is -0.493 e. The Morgan fingerprint density at radius 1 is 1.15 bits per heavy atom. The summed E-state index contributed by atoms with van der Waals surface area (Å²) in [6.45, 7) is 4.13. The smallest absolute Gasteiger partial charge is 0.338 e. The second-order valence-corrected chi connectivity index (χ2v) is 6.03. The molecule has 142 valence electrons. The molecule has 0 bridgehead atoms. The Kier molecular flexibility index (Phi) is 6.89. The molecule has 2 N–H and O–H groups in total. The fourth-order valence-corrected chi connectivity index (χ4v) is 2.84. The van der Waals surface area contributed by atoms with Crippen molar-refractivity contribution in [1.29, 1.82) is 0 Å². The molecule has 1 aromatic rings. The zero-order valence-corrected chi connectivity index (χ0v) is 15.7. The van der Waals surface area contributed by atoms with Crippen LogP contribution in [0.15, 0.2) is 29.5 Å². The summed E-state index contributed by atoms with van der Waals surface area (Å²) < 4.78 is 16.0. The summed E-state index contributed by atoms with van der Waals surface area (Å²) in [5.41, 5.74) is 1.57. The van der Waals surface area contributed by atoms with Gasteiger partial charge < -0.3 is 24.8 Å². The molecule has 26 heavy (non-hydrogen) atoms. The van der Waals surface area contributed by atoms with Crippen molar-refractivity contribution < 1.29 is 23.8 Å². The first-order chi connectivity index (χ1) is 12.5. The molecule has 1 atom stereocenters. The van der Waals surface area contributed by atoms with Gasteiger partial charge in [-0.15, -0.1) is 0 Å². The lowest BCUT2D eigenvalue weighted by Gasteiger charge is -2.28. The number of carbonyl (C=O) groups is 2. The largest absolute Gasteiger partial charge is 0.493 e. The van der Waals surface area contributed by atoms with E-state index in [4.69, 9.17) is 14.2 Å². The maximum absolute atomic E-state index is 12.6. The lowest BCUT2D eigenvalue weighted by Crippen LogP contribution is -2.45. The van der Waals surface area contributed by atoms with Crippen LogP contribution in [0, 0.1) is 0 Å². The number of unbranched alkanes of at least 4 members (excludes halogenated alkanes) is 2. The molecule has 7 nitrogen and oxygen atoms in total. The molecule has 0 aromatic heterocycles. The molecule has 1 aliphatic heterocycles. The van der Waals surface area contributed by atoms with Crippen molar-refractivity contribution in [3.05, 3.63) is 35.0 Å². The third-order valence-corrected chi connectivity index (χ3v) is 4.21. The molecule has 1 aliphatic rings. The summed E-state index contributed by atoms with van der Waals surface area (Å²) in [7, 11) is 3.08. The van der Waals surface area contributed by atoms with Gasteiger partial charge in [-0.05, 0) is 31.0 Å². The number of methoxy groups -OCH3 is 2. The predicted octanol–water partition coefficient (Wildman–Crippen LogP) is 3.07. The standard InChI is InChI=1S/C19H26N2O5/c1-5-6-7-10-26-18(22)16-12(2)20-19(23)21-17(16)13-8-9-14(24-3)15(11-13)25-4/h8-9,11,17H,5-7,10H2,1-4H3,(H2,20,21,23)/t17-/m1/s1. The van der Waals surface area contributed by atoms with Gasteiger partial charge in [0.1, 0.15) is 0 Å². The van der Waals surface area contributed by atoms with Crippen LogP contribution in [0.1, 0.15) is 44.7 Å². The van der Waals surface area contributed by atoms with Crippen LogP contribution in [0.5, 0.6) is 11.5 Å². The number of allylic oxidation sites excluding steroid dienone is 1. The molecule has 0 aliphatic carbocycles. The Morgan fingerprint density at radius 2 is 1.88 bits per heavy atom. The molecule has 0 saturated carbocycles. The molecule has 0 unspecified atom stereocenters. The van der Waals surface area contributed by atoms with Crippen LogP contribution in [-0.2, 0) is 9.53 Å². The number of ether oxygens (including phenoxy) is 3. The average Bonchev–Trinajstić information content (AvgIpc) is 2.63. The van der Waals surface area contributed by atoms with E-state index in [0.717, 1.165) is 19.3 Å². The van der Waals surface area contributed by atoms with Crippen molar-refractivity contribution >= 4 is 12.0 Å². The minimum absolute atomic E-state index is 0.357. The van der Waals surface area contributed by atoms with E-state index < -0.39 is 12.0 Å². The first kappa shape index (κ1) is 19.6. The first-order valence-electron chi connectivity index (χ1n) is 8.69. The van der Waals surface area contributed by atoms with Gasteiger partial charge in [-0.2, -0.15) is 0 Å². The zero-order chi connectivity index (χ0) is 19.1. The SMILES string of the molecule is CCCCCOC(=O)C1=C(C)NC(=O)N[C@@H]1c1ccc(OC)c(OC)c1. The van der Waals surface area contributed by atoms with Gasteiger partial charge in [0, 0.05) is 5.70 Å². The quantitative estimate of drug-likeness (QED) is 0.548. The Labute approximate surface area is 153 Å². The fourth-order valence-electron chi connectivity index (χ4n) is 2.84. The second-order valence-electron chi connectivity index (χ2n) is 6.03. The second kappa shape index (κ2) is 9.12. The number of carbonyl (C=O) groups excluding carboxylic acids is 2. The van der Waals surface area contributed by atoms with Gasteiger partial charge in [0.15, 0.2) is 11.5 Å². The summed E-state index contributed by atoms with van der Waals surface area (Å²) in [5.74, 6) is 0.651. The normalized spacial score (nSPS) is 16.6. The van der Waals surface area contributed by atoms with Crippen LogP contribution in [-0.4, -0.2) is 32.8 Å². The molecule has 0 radical (unpaired) electrons.